The smallest absolute Gasteiger partial charge is 0.140 e. The van der Waals surface area contributed by atoms with Crippen LogP contribution in [0.25, 0.3) is 0 Å². The van der Waals surface area contributed by atoms with Gasteiger partial charge in [0, 0.05) is 11.6 Å². The number of aryl methyl sites for hydroxylation is 2. The van der Waals surface area contributed by atoms with Crippen LogP contribution in [-0.4, -0.2) is 6.04 Å². The fourth-order valence-corrected chi connectivity index (χ4v) is 3.67. The molecule has 0 bridgehead atoms. The van der Waals surface area contributed by atoms with Crippen molar-refractivity contribution in [3.63, 3.8) is 0 Å². The molecule has 2 unspecified atom stereocenters. The third-order valence-electron chi connectivity index (χ3n) is 4.31. The predicted molar refractivity (Wildman–Crippen MR) is 89.0 cm³/mol. The first-order valence-corrected chi connectivity index (χ1v) is 8.78. The lowest BCUT2D eigenvalue weighted by molar-refractivity contribution is 0.171. The normalized spacial score (nSPS) is 17.0. The summed E-state index contributed by atoms with van der Waals surface area (Å²) in [5, 5.41) is 4.22. The molecule has 0 aliphatic heterocycles. The van der Waals surface area contributed by atoms with Gasteiger partial charge in [0.05, 0.1) is 0 Å². The number of thiophene rings is 1. The highest BCUT2D eigenvalue weighted by Gasteiger charge is 2.21. The molecule has 1 heterocycles. The van der Waals surface area contributed by atoms with Gasteiger partial charge in [-0.15, -0.1) is 0 Å². The van der Waals surface area contributed by atoms with E-state index in [4.69, 9.17) is 10.5 Å². The van der Waals surface area contributed by atoms with Gasteiger partial charge in [0.1, 0.15) is 11.9 Å². The summed E-state index contributed by atoms with van der Waals surface area (Å²) in [5.74, 6) is 0.954. The highest BCUT2D eigenvalue weighted by Crippen LogP contribution is 2.30. The summed E-state index contributed by atoms with van der Waals surface area (Å²) in [5.41, 5.74) is 10.4. The minimum Gasteiger partial charge on any atom is -0.484 e. The Morgan fingerprint density at radius 2 is 2.00 bits per heavy atom. The molecule has 1 aromatic carbocycles. The molecule has 2 nitrogen and oxygen atoms in total. The Morgan fingerprint density at radius 1 is 1.19 bits per heavy atom. The van der Waals surface area contributed by atoms with Gasteiger partial charge in [0.2, 0.25) is 0 Å². The van der Waals surface area contributed by atoms with E-state index in [9.17, 15) is 0 Å². The van der Waals surface area contributed by atoms with Crippen molar-refractivity contribution in [3.8, 4) is 5.75 Å². The number of hydrogen-bond acceptors (Lipinski definition) is 3. The lowest BCUT2D eigenvalue weighted by Gasteiger charge is -2.25. The summed E-state index contributed by atoms with van der Waals surface area (Å²) in [6.07, 6.45) is 5.84. The molecule has 0 saturated carbocycles. The average molecular weight is 301 g/mol. The van der Waals surface area contributed by atoms with Crippen molar-refractivity contribution in [1.82, 2.24) is 0 Å². The van der Waals surface area contributed by atoms with Crippen molar-refractivity contribution in [2.75, 3.05) is 0 Å². The Labute approximate surface area is 130 Å². The van der Waals surface area contributed by atoms with Crippen LogP contribution in [0.4, 0.5) is 0 Å². The van der Waals surface area contributed by atoms with E-state index in [0.717, 1.165) is 12.2 Å². The van der Waals surface area contributed by atoms with Crippen molar-refractivity contribution in [3.05, 3.63) is 51.7 Å². The molecule has 3 heteroatoms. The van der Waals surface area contributed by atoms with Crippen LogP contribution in [0.1, 0.15) is 49.0 Å². The summed E-state index contributed by atoms with van der Waals surface area (Å²) in [4.78, 5) is 0. The molecule has 2 N–H and O–H groups in total. The topological polar surface area (TPSA) is 35.2 Å². The number of ether oxygens (including phenoxy) is 1. The maximum absolute atomic E-state index is 6.27. The molecule has 2 atom stereocenters. The SMILES string of the molecule is CCC(N)C(Oc1ccc2c(c1)CCCC2)c1ccsc1. The Morgan fingerprint density at radius 3 is 2.71 bits per heavy atom. The molecule has 21 heavy (non-hydrogen) atoms. The van der Waals surface area contributed by atoms with E-state index in [1.54, 1.807) is 11.3 Å². The predicted octanol–water partition coefficient (Wildman–Crippen LogP) is 4.48. The maximum Gasteiger partial charge on any atom is 0.140 e. The zero-order valence-corrected chi connectivity index (χ0v) is 13.4. The molecule has 1 aliphatic carbocycles. The van der Waals surface area contributed by atoms with E-state index in [-0.39, 0.29) is 12.1 Å². The van der Waals surface area contributed by atoms with Gasteiger partial charge < -0.3 is 10.5 Å². The van der Waals surface area contributed by atoms with Crippen LogP contribution < -0.4 is 10.5 Å². The summed E-state index contributed by atoms with van der Waals surface area (Å²) in [6, 6.07) is 8.69. The van der Waals surface area contributed by atoms with E-state index in [0.29, 0.717) is 0 Å². The van der Waals surface area contributed by atoms with Gasteiger partial charge in [-0.2, -0.15) is 11.3 Å². The number of rotatable bonds is 5. The van der Waals surface area contributed by atoms with E-state index in [2.05, 4.69) is 41.9 Å². The number of hydrogen-bond donors (Lipinski definition) is 1. The van der Waals surface area contributed by atoms with Crippen molar-refractivity contribution in [1.29, 1.82) is 0 Å². The van der Waals surface area contributed by atoms with Crippen LogP contribution >= 0.6 is 11.3 Å². The van der Waals surface area contributed by atoms with E-state index in [1.165, 1.54) is 42.4 Å². The summed E-state index contributed by atoms with van der Waals surface area (Å²) >= 11 is 1.69. The number of fused-ring (bicyclic) bond motifs is 1. The lowest BCUT2D eigenvalue weighted by Crippen LogP contribution is -2.31. The van der Waals surface area contributed by atoms with Crippen molar-refractivity contribution in [2.24, 2.45) is 5.73 Å². The molecule has 0 saturated heterocycles. The van der Waals surface area contributed by atoms with Gasteiger partial charge in [-0.1, -0.05) is 13.0 Å². The van der Waals surface area contributed by atoms with Gasteiger partial charge in [-0.05, 0) is 72.2 Å². The molecular formula is C18H23NOS. The lowest BCUT2D eigenvalue weighted by atomic mass is 9.91. The van der Waals surface area contributed by atoms with Crippen LogP contribution in [0.3, 0.4) is 0 Å². The molecule has 0 amide bonds. The third kappa shape index (κ3) is 3.30. The zero-order valence-electron chi connectivity index (χ0n) is 12.5. The molecule has 112 valence electrons. The van der Waals surface area contributed by atoms with Gasteiger partial charge >= 0.3 is 0 Å². The van der Waals surface area contributed by atoms with E-state index >= 15 is 0 Å². The molecular weight excluding hydrogens is 278 g/mol. The molecule has 0 spiro atoms. The molecule has 1 aromatic heterocycles. The largest absolute Gasteiger partial charge is 0.484 e. The van der Waals surface area contributed by atoms with Gasteiger partial charge in [-0.3, -0.25) is 0 Å². The van der Waals surface area contributed by atoms with Crippen LogP contribution in [0, 0.1) is 0 Å². The number of benzene rings is 1. The maximum atomic E-state index is 6.27. The van der Waals surface area contributed by atoms with Crippen LogP contribution in [0.15, 0.2) is 35.0 Å². The first-order chi connectivity index (χ1) is 10.3. The Bertz CT molecular complexity index is 579. The molecule has 3 rings (SSSR count). The quantitative estimate of drug-likeness (QED) is 0.883. The van der Waals surface area contributed by atoms with E-state index in [1.807, 2.05) is 0 Å². The summed E-state index contributed by atoms with van der Waals surface area (Å²) in [7, 11) is 0. The van der Waals surface area contributed by atoms with Crippen LogP contribution in [-0.2, 0) is 12.8 Å². The number of nitrogens with two attached hydrogens (primary N) is 1. The second kappa shape index (κ2) is 6.63. The fraction of sp³-hybridized carbons (Fsp3) is 0.444. The van der Waals surface area contributed by atoms with Crippen LogP contribution in [0.5, 0.6) is 5.75 Å². The Balaban J connectivity index is 1.82. The monoisotopic (exact) mass is 301 g/mol. The summed E-state index contributed by atoms with van der Waals surface area (Å²) < 4.78 is 6.26. The molecule has 0 fully saturated rings. The second-order valence-corrected chi connectivity index (χ2v) is 6.58. The molecule has 1 aliphatic rings. The van der Waals surface area contributed by atoms with Crippen molar-refractivity contribution < 1.29 is 4.74 Å². The standard InChI is InChI=1S/C18H23NOS/c1-2-17(19)18(15-9-10-21-12-15)20-16-8-7-13-5-3-4-6-14(13)11-16/h7-12,17-18H,2-6,19H2,1H3. The van der Waals surface area contributed by atoms with Gasteiger partial charge in [0.25, 0.3) is 0 Å². The minimum atomic E-state index is -0.0529. The highest BCUT2D eigenvalue weighted by molar-refractivity contribution is 7.07. The first-order valence-electron chi connectivity index (χ1n) is 7.84. The fourth-order valence-electron chi connectivity index (χ4n) is 2.98. The third-order valence-corrected chi connectivity index (χ3v) is 5.02. The highest BCUT2D eigenvalue weighted by atomic mass is 32.1. The molecule has 2 aromatic rings. The average Bonchev–Trinajstić information content (AvgIpc) is 3.06. The van der Waals surface area contributed by atoms with Crippen molar-refractivity contribution >= 4 is 11.3 Å². The Kier molecular flexibility index (Phi) is 4.61. The molecule has 0 radical (unpaired) electrons. The zero-order chi connectivity index (χ0) is 14.7. The second-order valence-electron chi connectivity index (χ2n) is 5.80. The summed E-state index contributed by atoms with van der Waals surface area (Å²) in [6.45, 7) is 2.11. The van der Waals surface area contributed by atoms with Gasteiger partial charge in [0.15, 0.2) is 0 Å². The Hall–Kier alpha value is -1.32. The van der Waals surface area contributed by atoms with Crippen molar-refractivity contribution in [2.45, 2.75) is 51.2 Å². The van der Waals surface area contributed by atoms with Crippen LogP contribution in [0.2, 0.25) is 0 Å². The van der Waals surface area contributed by atoms with Gasteiger partial charge in [-0.25, -0.2) is 0 Å². The van der Waals surface area contributed by atoms with E-state index < -0.39 is 0 Å². The minimum absolute atomic E-state index is 0.0237. The first kappa shape index (κ1) is 14.6.